The van der Waals surface area contributed by atoms with Crippen LogP contribution < -0.4 is 5.32 Å². The van der Waals surface area contributed by atoms with Gasteiger partial charge in [0.25, 0.3) is 0 Å². The van der Waals surface area contributed by atoms with Crippen LogP contribution in [0.5, 0.6) is 0 Å². The Morgan fingerprint density at radius 3 is 2.50 bits per heavy atom. The third-order valence-corrected chi connectivity index (χ3v) is 4.14. The van der Waals surface area contributed by atoms with E-state index in [-0.39, 0.29) is 17.6 Å². The normalized spacial score (nSPS) is 13.5. The van der Waals surface area contributed by atoms with Crippen molar-refractivity contribution in [3.63, 3.8) is 0 Å². The maximum atomic E-state index is 11.8. The summed E-state index contributed by atoms with van der Waals surface area (Å²) in [4.78, 5) is 22.9. The highest BCUT2D eigenvalue weighted by Crippen LogP contribution is 2.12. The Balaban J connectivity index is 2.37. The first-order chi connectivity index (χ1) is 9.54. The van der Waals surface area contributed by atoms with Gasteiger partial charge in [0.05, 0.1) is 5.75 Å². The van der Waals surface area contributed by atoms with Crippen molar-refractivity contribution in [3.8, 4) is 0 Å². The number of hydrogen-bond acceptors (Lipinski definition) is 3. The zero-order valence-corrected chi connectivity index (χ0v) is 12.7. The molecule has 0 radical (unpaired) electrons. The number of hydrogen-bond donors (Lipinski definition) is 2. The molecule has 5 heteroatoms. The van der Waals surface area contributed by atoms with Gasteiger partial charge in [0, 0.05) is 5.75 Å². The number of carbonyl (C=O) groups is 2. The second-order valence-electron chi connectivity index (χ2n) is 4.75. The van der Waals surface area contributed by atoms with E-state index in [2.05, 4.69) is 5.32 Å². The van der Waals surface area contributed by atoms with Gasteiger partial charge in [0.15, 0.2) is 0 Å². The van der Waals surface area contributed by atoms with Gasteiger partial charge in [-0.1, -0.05) is 50.6 Å². The molecule has 4 nitrogen and oxygen atoms in total. The minimum Gasteiger partial charge on any atom is -0.480 e. The van der Waals surface area contributed by atoms with Crippen LogP contribution in [0.4, 0.5) is 0 Å². The first kappa shape index (κ1) is 16.6. The Bertz CT molecular complexity index is 436. The number of carbonyl (C=O) groups excluding carboxylic acids is 1. The molecule has 20 heavy (non-hydrogen) atoms. The van der Waals surface area contributed by atoms with Crippen molar-refractivity contribution >= 4 is 23.6 Å². The van der Waals surface area contributed by atoms with Crippen LogP contribution in [0.2, 0.25) is 0 Å². The van der Waals surface area contributed by atoms with E-state index in [1.54, 1.807) is 0 Å². The average molecular weight is 295 g/mol. The summed E-state index contributed by atoms with van der Waals surface area (Å²) >= 11 is 1.48. The Kier molecular flexibility index (Phi) is 7.15. The lowest BCUT2D eigenvalue weighted by atomic mass is 9.99. The first-order valence-electron chi connectivity index (χ1n) is 6.68. The summed E-state index contributed by atoms with van der Waals surface area (Å²) in [6.45, 7) is 3.74. The molecule has 1 rings (SSSR count). The first-order valence-corrected chi connectivity index (χ1v) is 7.84. The van der Waals surface area contributed by atoms with Crippen molar-refractivity contribution in [1.82, 2.24) is 5.32 Å². The van der Waals surface area contributed by atoms with E-state index in [4.69, 9.17) is 5.11 Å². The smallest absolute Gasteiger partial charge is 0.326 e. The van der Waals surface area contributed by atoms with Gasteiger partial charge in [0.2, 0.25) is 5.91 Å². The van der Waals surface area contributed by atoms with E-state index in [9.17, 15) is 9.59 Å². The van der Waals surface area contributed by atoms with Gasteiger partial charge in [-0.05, 0) is 11.5 Å². The van der Waals surface area contributed by atoms with Crippen LogP contribution in [0, 0.1) is 5.92 Å². The lowest BCUT2D eigenvalue weighted by Crippen LogP contribution is -2.45. The molecular formula is C15H21NO3S. The second kappa shape index (κ2) is 8.64. The molecule has 0 saturated carbocycles. The van der Waals surface area contributed by atoms with Gasteiger partial charge < -0.3 is 10.4 Å². The summed E-state index contributed by atoms with van der Waals surface area (Å²) in [5.74, 6) is -0.250. The van der Waals surface area contributed by atoms with E-state index in [1.807, 2.05) is 44.2 Å². The van der Waals surface area contributed by atoms with Crippen LogP contribution in [0.3, 0.4) is 0 Å². The van der Waals surface area contributed by atoms with Gasteiger partial charge in [-0.3, -0.25) is 4.79 Å². The summed E-state index contributed by atoms with van der Waals surface area (Å²) < 4.78 is 0. The molecule has 0 aliphatic heterocycles. The third kappa shape index (κ3) is 5.65. The zero-order chi connectivity index (χ0) is 15.0. The highest BCUT2D eigenvalue weighted by molar-refractivity contribution is 7.99. The Morgan fingerprint density at radius 1 is 1.30 bits per heavy atom. The molecule has 0 spiro atoms. The number of carboxylic acid groups (broad SMARTS) is 1. The fourth-order valence-corrected chi connectivity index (χ4v) is 2.53. The molecule has 0 fully saturated rings. The maximum absolute atomic E-state index is 11.8. The van der Waals surface area contributed by atoms with Gasteiger partial charge >= 0.3 is 5.97 Å². The maximum Gasteiger partial charge on any atom is 0.326 e. The molecule has 0 heterocycles. The molecule has 0 aliphatic carbocycles. The van der Waals surface area contributed by atoms with Crippen LogP contribution in [-0.4, -0.2) is 28.8 Å². The monoisotopic (exact) mass is 295 g/mol. The van der Waals surface area contributed by atoms with E-state index in [0.717, 1.165) is 11.3 Å². The molecule has 1 amide bonds. The predicted molar refractivity (Wildman–Crippen MR) is 81.6 cm³/mol. The van der Waals surface area contributed by atoms with Crippen molar-refractivity contribution in [3.05, 3.63) is 35.9 Å². The molecule has 2 N–H and O–H groups in total. The highest BCUT2D eigenvalue weighted by atomic mass is 32.2. The molecular weight excluding hydrogens is 274 g/mol. The molecule has 0 unspecified atom stereocenters. The molecule has 0 aliphatic rings. The summed E-state index contributed by atoms with van der Waals surface area (Å²) in [7, 11) is 0. The van der Waals surface area contributed by atoms with Crippen LogP contribution in [-0.2, 0) is 15.3 Å². The van der Waals surface area contributed by atoms with Crippen molar-refractivity contribution in [1.29, 1.82) is 0 Å². The van der Waals surface area contributed by atoms with E-state index in [0.29, 0.717) is 6.42 Å². The summed E-state index contributed by atoms with van der Waals surface area (Å²) in [5, 5.41) is 11.7. The lowest BCUT2D eigenvalue weighted by molar-refractivity contribution is -0.143. The molecule has 2 atom stereocenters. The number of carboxylic acids is 1. The lowest BCUT2D eigenvalue weighted by Gasteiger charge is -2.19. The van der Waals surface area contributed by atoms with Crippen LogP contribution in [0.25, 0.3) is 0 Å². The SMILES string of the molecule is CC[C@H](C)[C@H](NC(=O)CSCc1ccccc1)C(=O)O. The molecule has 0 bridgehead atoms. The van der Waals surface area contributed by atoms with E-state index in [1.165, 1.54) is 11.8 Å². The molecule has 1 aromatic carbocycles. The number of thioether (sulfide) groups is 1. The molecule has 0 aromatic heterocycles. The highest BCUT2D eigenvalue weighted by Gasteiger charge is 2.24. The van der Waals surface area contributed by atoms with E-state index >= 15 is 0 Å². The molecule has 1 aromatic rings. The fraction of sp³-hybridized carbons (Fsp3) is 0.467. The van der Waals surface area contributed by atoms with Gasteiger partial charge in [0.1, 0.15) is 6.04 Å². The topological polar surface area (TPSA) is 66.4 Å². The fourth-order valence-electron chi connectivity index (χ4n) is 1.73. The Hall–Kier alpha value is -1.49. The van der Waals surface area contributed by atoms with Crippen LogP contribution in [0.15, 0.2) is 30.3 Å². The van der Waals surface area contributed by atoms with Crippen molar-refractivity contribution < 1.29 is 14.7 Å². The number of benzene rings is 1. The summed E-state index contributed by atoms with van der Waals surface area (Å²) in [6.07, 6.45) is 0.717. The van der Waals surface area contributed by atoms with Gasteiger partial charge in [-0.15, -0.1) is 11.8 Å². The number of nitrogens with one attached hydrogen (secondary N) is 1. The van der Waals surface area contributed by atoms with Gasteiger partial charge in [-0.2, -0.15) is 0 Å². The predicted octanol–water partition coefficient (Wildman–Crippen LogP) is 2.54. The summed E-state index contributed by atoms with van der Waals surface area (Å²) in [5.41, 5.74) is 1.15. The zero-order valence-electron chi connectivity index (χ0n) is 11.8. The molecule has 110 valence electrons. The minimum atomic E-state index is -0.972. The average Bonchev–Trinajstić information content (AvgIpc) is 2.45. The number of aliphatic carboxylic acids is 1. The Morgan fingerprint density at radius 2 is 1.95 bits per heavy atom. The van der Waals surface area contributed by atoms with Crippen molar-refractivity contribution in [2.45, 2.75) is 32.1 Å². The van der Waals surface area contributed by atoms with Crippen molar-refractivity contribution in [2.24, 2.45) is 5.92 Å². The Labute approximate surface area is 124 Å². The van der Waals surface area contributed by atoms with Crippen molar-refractivity contribution in [2.75, 3.05) is 5.75 Å². The summed E-state index contributed by atoms with van der Waals surface area (Å²) in [6, 6.07) is 9.07. The largest absolute Gasteiger partial charge is 0.480 e. The molecule has 0 saturated heterocycles. The van der Waals surface area contributed by atoms with Gasteiger partial charge in [-0.25, -0.2) is 4.79 Å². The van der Waals surface area contributed by atoms with Crippen LogP contribution >= 0.6 is 11.8 Å². The number of amides is 1. The standard InChI is InChI=1S/C15H21NO3S/c1-3-11(2)14(15(18)19)16-13(17)10-20-9-12-7-5-4-6-8-12/h4-8,11,14H,3,9-10H2,1-2H3,(H,16,17)(H,18,19)/t11-,14-/m0/s1. The third-order valence-electron chi connectivity index (χ3n) is 3.14. The number of rotatable bonds is 8. The quantitative estimate of drug-likeness (QED) is 0.773. The second-order valence-corrected chi connectivity index (χ2v) is 5.73. The van der Waals surface area contributed by atoms with Crippen LogP contribution in [0.1, 0.15) is 25.8 Å². The minimum absolute atomic E-state index is 0.0735. The van der Waals surface area contributed by atoms with E-state index < -0.39 is 12.0 Å².